The molecule has 0 spiro atoms. The molecule has 28 heavy (non-hydrogen) atoms. The van der Waals surface area contributed by atoms with Crippen LogP contribution in [0.2, 0.25) is 15.1 Å². The molecule has 0 saturated heterocycles. The van der Waals surface area contributed by atoms with Crippen molar-refractivity contribution in [2.24, 2.45) is 5.10 Å². The number of hydrogen-bond acceptors (Lipinski definition) is 4. The topological polar surface area (TPSA) is 79.8 Å². The van der Waals surface area contributed by atoms with Crippen LogP contribution in [-0.2, 0) is 9.59 Å². The fraction of sp³-hybridized carbons (Fsp3) is 0.211. The molecule has 0 aliphatic heterocycles. The van der Waals surface area contributed by atoms with Crippen molar-refractivity contribution >= 4 is 58.5 Å². The van der Waals surface area contributed by atoms with Gasteiger partial charge in [-0.05, 0) is 44.2 Å². The van der Waals surface area contributed by atoms with Gasteiger partial charge in [0.15, 0.2) is 0 Å². The van der Waals surface area contributed by atoms with Crippen molar-refractivity contribution in [3.05, 3.63) is 57.0 Å². The second kappa shape index (κ2) is 10.3. The van der Waals surface area contributed by atoms with Crippen molar-refractivity contribution in [3.8, 4) is 5.75 Å². The molecule has 0 unspecified atom stereocenters. The number of carbonyl (C=O) groups excluding carboxylic acids is 2. The van der Waals surface area contributed by atoms with Gasteiger partial charge in [-0.15, -0.1) is 0 Å². The molecule has 0 aliphatic carbocycles. The Hall–Kier alpha value is -2.28. The average molecular weight is 443 g/mol. The van der Waals surface area contributed by atoms with E-state index in [4.69, 9.17) is 39.5 Å². The molecule has 0 atom stereocenters. The lowest BCUT2D eigenvalue weighted by molar-refractivity contribution is -0.126. The number of hydrogen-bond donors (Lipinski definition) is 2. The summed E-state index contributed by atoms with van der Waals surface area (Å²) in [5.74, 6) is -0.575. The number of benzene rings is 2. The van der Waals surface area contributed by atoms with Crippen molar-refractivity contribution in [1.82, 2.24) is 5.43 Å². The molecule has 9 heteroatoms. The summed E-state index contributed by atoms with van der Waals surface area (Å²) in [7, 11) is 0. The Kier molecular flexibility index (Phi) is 8.11. The largest absolute Gasteiger partial charge is 0.490 e. The molecule has 0 bridgehead atoms. The lowest BCUT2D eigenvalue weighted by Gasteiger charge is -2.12. The Bertz CT molecular complexity index is 901. The zero-order valence-electron chi connectivity index (χ0n) is 15.1. The molecule has 0 aromatic heterocycles. The number of ether oxygens (including phenoxy) is 1. The van der Waals surface area contributed by atoms with Gasteiger partial charge in [0.1, 0.15) is 12.2 Å². The third-order valence-corrected chi connectivity index (χ3v) is 4.33. The van der Waals surface area contributed by atoms with Crippen LogP contribution in [0.1, 0.15) is 25.8 Å². The van der Waals surface area contributed by atoms with Gasteiger partial charge in [0.05, 0.1) is 28.1 Å². The van der Waals surface area contributed by atoms with E-state index in [1.807, 2.05) is 13.8 Å². The van der Waals surface area contributed by atoms with Crippen molar-refractivity contribution in [3.63, 3.8) is 0 Å². The minimum absolute atomic E-state index is 0.0371. The van der Waals surface area contributed by atoms with Gasteiger partial charge in [-0.2, -0.15) is 5.10 Å². The number of anilines is 1. The molecule has 2 amide bonds. The minimum atomic E-state index is -0.597. The Morgan fingerprint density at radius 3 is 2.61 bits per heavy atom. The first-order chi connectivity index (χ1) is 13.3. The quantitative estimate of drug-likeness (QED) is 0.363. The third-order valence-electron chi connectivity index (χ3n) is 3.27. The molecule has 2 rings (SSSR count). The summed E-state index contributed by atoms with van der Waals surface area (Å²) in [6.45, 7) is 3.78. The Morgan fingerprint density at radius 1 is 1.14 bits per heavy atom. The highest BCUT2D eigenvalue weighted by Gasteiger charge is 2.12. The summed E-state index contributed by atoms with van der Waals surface area (Å²) < 4.78 is 5.66. The highest BCUT2D eigenvalue weighted by molar-refractivity contribution is 6.44. The van der Waals surface area contributed by atoms with Crippen LogP contribution in [0, 0.1) is 0 Å². The highest BCUT2D eigenvalue weighted by atomic mass is 35.5. The molecule has 6 nitrogen and oxygen atoms in total. The number of hydrazone groups is 1. The summed E-state index contributed by atoms with van der Waals surface area (Å²) in [4.78, 5) is 23.9. The van der Waals surface area contributed by atoms with E-state index < -0.39 is 18.2 Å². The van der Waals surface area contributed by atoms with Gasteiger partial charge in [0.25, 0.3) is 0 Å². The second-order valence-corrected chi connectivity index (χ2v) is 7.19. The molecule has 2 N–H and O–H groups in total. The van der Waals surface area contributed by atoms with Crippen LogP contribution in [0.15, 0.2) is 41.5 Å². The van der Waals surface area contributed by atoms with Crippen LogP contribution >= 0.6 is 34.8 Å². The van der Waals surface area contributed by atoms with Gasteiger partial charge in [-0.1, -0.05) is 40.9 Å². The van der Waals surface area contributed by atoms with Gasteiger partial charge in [-0.3, -0.25) is 9.59 Å². The fourth-order valence-corrected chi connectivity index (χ4v) is 2.66. The predicted octanol–water partition coefficient (Wildman–Crippen LogP) is 4.91. The number of nitrogens with zero attached hydrogens (tertiary/aromatic N) is 1. The van der Waals surface area contributed by atoms with Gasteiger partial charge in [-0.25, -0.2) is 5.43 Å². The number of amides is 2. The highest BCUT2D eigenvalue weighted by Crippen LogP contribution is 2.29. The summed E-state index contributed by atoms with van der Waals surface area (Å²) in [5, 5.41) is 7.38. The summed E-state index contributed by atoms with van der Waals surface area (Å²) in [6, 6.07) is 9.87. The van der Waals surface area contributed by atoms with E-state index in [0.29, 0.717) is 27.0 Å². The normalized spacial score (nSPS) is 10.9. The molecule has 0 fully saturated rings. The first kappa shape index (κ1) is 22.0. The van der Waals surface area contributed by atoms with Crippen LogP contribution in [-0.4, -0.2) is 24.1 Å². The number of halogens is 3. The van der Waals surface area contributed by atoms with E-state index in [2.05, 4.69) is 15.8 Å². The van der Waals surface area contributed by atoms with E-state index in [1.54, 1.807) is 36.4 Å². The van der Waals surface area contributed by atoms with Crippen molar-refractivity contribution in [1.29, 1.82) is 0 Å². The maximum Gasteiger partial charge on any atom is 0.249 e. The van der Waals surface area contributed by atoms with Gasteiger partial charge >= 0.3 is 0 Å². The first-order valence-corrected chi connectivity index (χ1v) is 9.41. The standard InChI is InChI=1S/C19H18Cl3N3O3/c1-11(2)28-16-7-6-13(20)8-12(16)10-23-25-18(27)9-17(26)24-15-5-3-4-14(21)19(15)22/h3-8,10-11H,9H2,1-2H3,(H,24,26)(H,25,27). The van der Waals surface area contributed by atoms with Crippen LogP contribution < -0.4 is 15.5 Å². The SMILES string of the molecule is CC(C)Oc1ccc(Cl)cc1C=NNC(=O)CC(=O)Nc1cccc(Cl)c1Cl. The number of carbonyl (C=O) groups is 2. The maximum atomic E-state index is 12.0. The van der Waals surface area contributed by atoms with E-state index in [9.17, 15) is 9.59 Å². The number of rotatable bonds is 7. The molecular formula is C19H18Cl3N3O3. The zero-order valence-corrected chi connectivity index (χ0v) is 17.4. The van der Waals surface area contributed by atoms with Crippen LogP contribution in [0.5, 0.6) is 5.75 Å². The summed E-state index contributed by atoms with van der Waals surface area (Å²) >= 11 is 17.9. The van der Waals surface area contributed by atoms with Gasteiger partial charge in [0.2, 0.25) is 11.8 Å². The Balaban J connectivity index is 1.94. The molecule has 0 saturated carbocycles. The van der Waals surface area contributed by atoms with Gasteiger partial charge < -0.3 is 10.1 Å². The molecule has 0 heterocycles. The van der Waals surface area contributed by atoms with E-state index in [-0.39, 0.29) is 11.1 Å². The predicted molar refractivity (Wildman–Crippen MR) is 113 cm³/mol. The first-order valence-electron chi connectivity index (χ1n) is 8.28. The lowest BCUT2D eigenvalue weighted by atomic mass is 10.2. The lowest BCUT2D eigenvalue weighted by Crippen LogP contribution is -2.24. The third kappa shape index (κ3) is 6.71. The number of nitrogens with one attached hydrogen (secondary N) is 2. The second-order valence-electron chi connectivity index (χ2n) is 5.97. The molecule has 0 radical (unpaired) electrons. The summed E-state index contributed by atoms with van der Waals surface area (Å²) in [6.07, 6.45) is 0.920. The zero-order chi connectivity index (χ0) is 20.7. The smallest absolute Gasteiger partial charge is 0.249 e. The molecule has 2 aromatic rings. The molecule has 148 valence electrons. The van der Waals surface area contributed by atoms with Crippen LogP contribution in [0.25, 0.3) is 0 Å². The van der Waals surface area contributed by atoms with E-state index in [1.165, 1.54) is 6.21 Å². The Morgan fingerprint density at radius 2 is 1.89 bits per heavy atom. The molecule has 0 aliphatic rings. The molecule has 2 aromatic carbocycles. The van der Waals surface area contributed by atoms with Crippen LogP contribution in [0.4, 0.5) is 5.69 Å². The monoisotopic (exact) mass is 441 g/mol. The minimum Gasteiger partial charge on any atom is -0.490 e. The van der Waals surface area contributed by atoms with Gasteiger partial charge in [0, 0.05) is 10.6 Å². The van der Waals surface area contributed by atoms with E-state index in [0.717, 1.165) is 0 Å². The average Bonchev–Trinajstić information content (AvgIpc) is 2.61. The Labute approximate surface area is 177 Å². The van der Waals surface area contributed by atoms with Crippen molar-refractivity contribution in [2.45, 2.75) is 26.4 Å². The summed E-state index contributed by atoms with van der Waals surface area (Å²) in [5.41, 5.74) is 3.20. The van der Waals surface area contributed by atoms with Crippen molar-refractivity contribution in [2.75, 3.05) is 5.32 Å². The van der Waals surface area contributed by atoms with Crippen LogP contribution in [0.3, 0.4) is 0 Å². The molecular weight excluding hydrogens is 425 g/mol. The van der Waals surface area contributed by atoms with Crippen molar-refractivity contribution < 1.29 is 14.3 Å². The van der Waals surface area contributed by atoms with E-state index >= 15 is 0 Å². The fourth-order valence-electron chi connectivity index (χ4n) is 2.14. The maximum absolute atomic E-state index is 12.0.